The molecule has 0 spiro atoms. The summed E-state index contributed by atoms with van der Waals surface area (Å²) in [7, 11) is 1.67. The average molecular weight is 536 g/mol. The van der Waals surface area contributed by atoms with Crippen LogP contribution < -0.4 is 20.1 Å². The van der Waals surface area contributed by atoms with E-state index in [1.165, 1.54) is 6.07 Å². The number of aliphatic imine (C=N–C) groups is 1. The Morgan fingerprint density at radius 1 is 0.968 bits per heavy atom. The van der Waals surface area contributed by atoms with Gasteiger partial charge in [-0.05, 0) is 30.7 Å². The number of aromatic nitrogens is 1. The van der Waals surface area contributed by atoms with Crippen LogP contribution in [0.25, 0.3) is 0 Å². The van der Waals surface area contributed by atoms with Crippen LogP contribution in [0.5, 0.6) is 17.4 Å². The maximum absolute atomic E-state index is 13.7. The molecule has 0 aliphatic rings. The second-order valence-electron chi connectivity index (χ2n) is 6.36. The van der Waals surface area contributed by atoms with Crippen LogP contribution >= 0.6 is 24.0 Å². The second-order valence-corrected chi connectivity index (χ2v) is 6.36. The number of guanidine groups is 1. The molecule has 1 heterocycles. The Kier molecular flexibility index (Phi) is 10.0. The Morgan fingerprint density at radius 2 is 1.68 bits per heavy atom. The Morgan fingerprint density at radius 3 is 2.35 bits per heavy atom. The SMILES string of the molecule is CCOc1ccccc1Oc1ccc(CNC(=NC)NCc2ccccc2F)cn1.I. The Hall–Kier alpha value is -2.88. The van der Waals surface area contributed by atoms with Crippen molar-refractivity contribution in [3.63, 3.8) is 0 Å². The normalized spacial score (nSPS) is 10.7. The Labute approximate surface area is 198 Å². The second kappa shape index (κ2) is 12.7. The van der Waals surface area contributed by atoms with Crippen molar-refractivity contribution in [1.29, 1.82) is 0 Å². The minimum absolute atomic E-state index is 0. The van der Waals surface area contributed by atoms with Crippen LogP contribution in [0.15, 0.2) is 71.9 Å². The topological polar surface area (TPSA) is 67.8 Å². The van der Waals surface area contributed by atoms with Gasteiger partial charge in [0, 0.05) is 38.0 Å². The van der Waals surface area contributed by atoms with Crippen LogP contribution in [0, 0.1) is 5.82 Å². The highest BCUT2D eigenvalue weighted by molar-refractivity contribution is 14.0. The third-order valence-electron chi connectivity index (χ3n) is 4.25. The van der Waals surface area contributed by atoms with Crippen LogP contribution in [0.2, 0.25) is 0 Å². The summed E-state index contributed by atoms with van der Waals surface area (Å²) in [6, 6.07) is 17.9. The highest BCUT2D eigenvalue weighted by Crippen LogP contribution is 2.30. The molecule has 8 heteroatoms. The molecule has 0 saturated heterocycles. The van der Waals surface area contributed by atoms with Gasteiger partial charge in [-0.3, -0.25) is 4.99 Å². The van der Waals surface area contributed by atoms with Gasteiger partial charge in [-0.15, -0.1) is 24.0 Å². The lowest BCUT2D eigenvalue weighted by molar-refractivity contribution is 0.319. The first-order chi connectivity index (χ1) is 14.7. The largest absolute Gasteiger partial charge is 0.490 e. The number of halogens is 2. The third kappa shape index (κ3) is 7.39. The van der Waals surface area contributed by atoms with E-state index in [2.05, 4.69) is 20.6 Å². The number of hydrogen-bond donors (Lipinski definition) is 2. The minimum Gasteiger partial charge on any atom is -0.490 e. The molecule has 164 valence electrons. The van der Waals surface area contributed by atoms with E-state index in [0.717, 1.165) is 5.56 Å². The van der Waals surface area contributed by atoms with Crippen molar-refractivity contribution in [3.05, 3.63) is 83.8 Å². The molecule has 0 amide bonds. The summed E-state index contributed by atoms with van der Waals surface area (Å²) in [5.74, 6) is 2.11. The van der Waals surface area contributed by atoms with Gasteiger partial charge in [0.1, 0.15) is 5.82 Å². The molecule has 0 saturated carbocycles. The van der Waals surface area contributed by atoms with Gasteiger partial charge in [-0.25, -0.2) is 9.37 Å². The summed E-state index contributed by atoms with van der Waals surface area (Å²) in [6.07, 6.45) is 1.73. The number of rotatable bonds is 8. The van der Waals surface area contributed by atoms with E-state index in [9.17, 15) is 4.39 Å². The van der Waals surface area contributed by atoms with Crippen LogP contribution in [0.1, 0.15) is 18.1 Å². The fourth-order valence-electron chi connectivity index (χ4n) is 2.72. The molecule has 0 aliphatic heterocycles. The van der Waals surface area contributed by atoms with Crippen LogP contribution in [-0.2, 0) is 13.1 Å². The highest BCUT2D eigenvalue weighted by atomic mass is 127. The molecule has 1 aromatic heterocycles. The molecular weight excluding hydrogens is 510 g/mol. The van der Waals surface area contributed by atoms with Crippen LogP contribution in [-0.4, -0.2) is 24.6 Å². The molecule has 0 aliphatic carbocycles. The average Bonchev–Trinajstić information content (AvgIpc) is 2.77. The van der Waals surface area contributed by atoms with E-state index < -0.39 is 0 Å². The van der Waals surface area contributed by atoms with E-state index in [-0.39, 0.29) is 29.8 Å². The summed E-state index contributed by atoms with van der Waals surface area (Å²) in [5.41, 5.74) is 1.53. The maximum Gasteiger partial charge on any atom is 0.219 e. The third-order valence-corrected chi connectivity index (χ3v) is 4.25. The molecular formula is C23H26FIN4O2. The molecule has 2 aromatic carbocycles. The van der Waals surface area contributed by atoms with Crippen molar-refractivity contribution in [1.82, 2.24) is 15.6 Å². The number of benzene rings is 2. The first-order valence-electron chi connectivity index (χ1n) is 9.72. The number of pyridine rings is 1. The number of nitrogens with one attached hydrogen (secondary N) is 2. The predicted octanol–water partition coefficient (Wildman–Crippen LogP) is 4.89. The van der Waals surface area contributed by atoms with Crippen molar-refractivity contribution in [2.24, 2.45) is 4.99 Å². The lowest BCUT2D eigenvalue weighted by Gasteiger charge is -2.13. The molecule has 0 radical (unpaired) electrons. The van der Waals surface area contributed by atoms with Crippen molar-refractivity contribution >= 4 is 29.9 Å². The summed E-state index contributed by atoms with van der Waals surface area (Å²) in [5, 5.41) is 6.28. The standard InChI is InChI=1S/C23H25FN4O2.HI/c1-3-29-20-10-6-7-11-21(20)30-22-13-12-17(14-26-22)15-27-23(25-2)28-16-18-8-4-5-9-19(18)24;/h4-14H,3,15-16H2,1-2H3,(H2,25,27,28);1H. The number of para-hydroxylation sites is 2. The first-order valence-corrected chi connectivity index (χ1v) is 9.72. The smallest absolute Gasteiger partial charge is 0.219 e. The number of hydrogen-bond acceptors (Lipinski definition) is 4. The molecule has 3 aromatic rings. The van der Waals surface area contributed by atoms with Gasteiger partial charge in [0.2, 0.25) is 5.88 Å². The summed E-state index contributed by atoms with van der Waals surface area (Å²) >= 11 is 0. The molecule has 0 atom stereocenters. The number of ether oxygens (including phenoxy) is 2. The van der Waals surface area contributed by atoms with Crippen molar-refractivity contribution in [2.45, 2.75) is 20.0 Å². The fraction of sp³-hybridized carbons (Fsp3) is 0.217. The van der Waals surface area contributed by atoms with Crippen molar-refractivity contribution in [2.75, 3.05) is 13.7 Å². The monoisotopic (exact) mass is 536 g/mol. The van der Waals surface area contributed by atoms with E-state index >= 15 is 0 Å². The molecule has 6 nitrogen and oxygen atoms in total. The zero-order chi connectivity index (χ0) is 21.2. The van der Waals surface area contributed by atoms with Crippen LogP contribution in [0.4, 0.5) is 4.39 Å². The van der Waals surface area contributed by atoms with Gasteiger partial charge >= 0.3 is 0 Å². The van der Waals surface area contributed by atoms with Gasteiger partial charge in [0.05, 0.1) is 6.61 Å². The fourth-order valence-corrected chi connectivity index (χ4v) is 2.72. The van der Waals surface area contributed by atoms with E-state index in [1.807, 2.05) is 37.3 Å². The van der Waals surface area contributed by atoms with Crippen molar-refractivity contribution in [3.8, 4) is 17.4 Å². The summed E-state index contributed by atoms with van der Waals surface area (Å²) in [6.45, 7) is 3.34. The summed E-state index contributed by atoms with van der Waals surface area (Å²) in [4.78, 5) is 8.52. The summed E-state index contributed by atoms with van der Waals surface area (Å²) < 4.78 is 25.1. The zero-order valence-corrected chi connectivity index (χ0v) is 19.8. The van der Waals surface area contributed by atoms with Gasteiger partial charge < -0.3 is 20.1 Å². The van der Waals surface area contributed by atoms with Gasteiger partial charge in [0.15, 0.2) is 17.5 Å². The number of nitrogens with zero attached hydrogens (tertiary/aromatic N) is 2. The maximum atomic E-state index is 13.7. The molecule has 0 fully saturated rings. The molecule has 0 unspecified atom stereocenters. The van der Waals surface area contributed by atoms with E-state index in [0.29, 0.717) is 48.6 Å². The van der Waals surface area contributed by atoms with Gasteiger partial charge in [0.25, 0.3) is 0 Å². The van der Waals surface area contributed by atoms with Gasteiger partial charge in [-0.2, -0.15) is 0 Å². The lowest BCUT2D eigenvalue weighted by Crippen LogP contribution is -2.36. The first kappa shape index (κ1) is 24.4. The molecule has 3 rings (SSSR count). The zero-order valence-electron chi connectivity index (χ0n) is 17.5. The lowest BCUT2D eigenvalue weighted by atomic mass is 10.2. The molecule has 31 heavy (non-hydrogen) atoms. The van der Waals surface area contributed by atoms with E-state index in [4.69, 9.17) is 9.47 Å². The minimum atomic E-state index is -0.244. The highest BCUT2D eigenvalue weighted by Gasteiger charge is 2.07. The molecule has 2 N–H and O–H groups in total. The molecule has 0 bridgehead atoms. The van der Waals surface area contributed by atoms with Crippen LogP contribution in [0.3, 0.4) is 0 Å². The van der Waals surface area contributed by atoms with Crippen molar-refractivity contribution < 1.29 is 13.9 Å². The van der Waals surface area contributed by atoms with Gasteiger partial charge in [-0.1, -0.05) is 36.4 Å². The Balaban J connectivity index is 0.00000341. The predicted molar refractivity (Wildman–Crippen MR) is 131 cm³/mol. The Bertz CT molecular complexity index is 983. The van der Waals surface area contributed by atoms with E-state index in [1.54, 1.807) is 37.5 Å². The quantitative estimate of drug-likeness (QED) is 0.244.